The van der Waals surface area contributed by atoms with Crippen LogP contribution in [0.2, 0.25) is 0 Å². The Labute approximate surface area is 137 Å². The highest BCUT2D eigenvalue weighted by molar-refractivity contribution is 5.92. The maximum Gasteiger partial charge on any atom is 0.274 e. The first-order chi connectivity index (χ1) is 11.1. The molecule has 1 unspecified atom stereocenters. The maximum absolute atomic E-state index is 12.7. The van der Waals surface area contributed by atoms with Gasteiger partial charge in [-0.1, -0.05) is 42.5 Å². The van der Waals surface area contributed by atoms with E-state index in [9.17, 15) is 4.79 Å². The van der Waals surface area contributed by atoms with Crippen molar-refractivity contribution in [2.75, 3.05) is 6.54 Å². The van der Waals surface area contributed by atoms with Crippen molar-refractivity contribution in [1.29, 1.82) is 0 Å². The zero-order valence-electron chi connectivity index (χ0n) is 13.7. The van der Waals surface area contributed by atoms with Crippen LogP contribution < -0.4 is 0 Å². The van der Waals surface area contributed by atoms with Gasteiger partial charge < -0.3 is 9.47 Å². The van der Waals surface area contributed by atoms with Gasteiger partial charge in [-0.3, -0.25) is 4.79 Å². The number of amides is 1. The molecule has 120 valence electrons. The molecular weight excluding hydrogens is 286 g/mol. The van der Waals surface area contributed by atoms with Gasteiger partial charge in [0.2, 0.25) is 0 Å². The van der Waals surface area contributed by atoms with E-state index in [1.165, 1.54) is 0 Å². The van der Waals surface area contributed by atoms with E-state index in [1.54, 1.807) is 6.33 Å². The lowest BCUT2D eigenvalue weighted by molar-refractivity contribution is 0.0756. The van der Waals surface area contributed by atoms with Crippen molar-refractivity contribution in [1.82, 2.24) is 14.5 Å². The predicted molar refractivity (Wildman–Crippen MR) is 92.1 cm³/mol. The van der Waals surface area contributed by atoms with Crippen LogP contribution in [-0.4, -0.2) is 32.9 Å². The largest absolute Gasteiger partial charge is 0.334 e. The minimum absolute atomic E-state index is 0.0320. The smallest absolute Gasteiger partial charge is 0.274 e. The van der Waals surface area contributed by atoms with E-state index in [2.05, 4.69) is 43.1 Å². The summed E-state index contributed by atoms with van der Waals surface area (Å²) in [7, 11) is 0. The monoisotopic (exact) mass is 309 g/mol. The molecule has 1 aromatic carbocycles. The number of hydrogen-bond acceptors (Lipinski definition) is 2. The Hall–Kier alpha value is -2.36. The molecule has 1 aromatic heterocycles. The van der Waals surface area contributed by atoms with Gasteiger partial charge in [-0.15, -0.1) is 0 Å². The normalized spacial score (nSPS) is 18.2. The number of imidazole rings is 1. The van der Waals surface area contributed by atoms with Gasteiger partial charge in [0, 0.05) is 18.8 Å². The van der Waals surface area contributed by atoms with Gasteiger partial charge in [-0.2, -0.15) is 0 Å². The summed E-state index contributed by atoms with van der Waals surface area (Å²) in [5.74, 6) is 0.0320. The second-order valence-corrected chi connectivity index (χ2v) is 6.28. The standard InChI is InChI=1S/C19H23N3O/c1-15(2)21-13-18(20-14-21)19(23)22-12-6-9-17(22)11-10-16-7-4-3-5-8-16/h3-5,7-8,10-11,13-15,17H,6,9,12H2,1-2H3. The molecule has 2 aromatic rings. The first kappa shape index (κ1) is 15.5. The minimum Gasteiger partial charge on any atom is -0.334 e. The molecule has 1 aliphatic heterocycles. The first-order valence-corrected chi connectivity index (χ1v) is 8.23. The Morgan fingerprint density at radius 1 is 1.30 bits per heavy atom. The zero-order chi connectivity index (χ0) is 16.2. The van der Waals surface area contributed by atoms with Gasteiger partial charge in [-0.25, -0.2) is 4.98 Å². The molecule has 1 saturated heterocycles. The van der Waals surface area contributed by atoms with E-state index < -0.39 is 0 Å². The van der Waals surface area contributed by atoms with Gasteiger partial charge in [0.05, 0.1) is 12.4 Å². The van der Waals surface area contributed by atoms with Crippen LogP contribution in [0.4, 0.5) is 0 Å². The lowest BCUT2D eigenvalue weighted by Gasteiger charge is -2.21. The molecule has 4 nitrogen and oxygen atoms in total. The van der Waals surface area contributed by atoms with Crippen LogP contribution in [0, 0.1) is 0 Å². The second-order valence-electron chi connectivity index (χ2n) is 6.28. The van der Waals surface area contributed by atoms with Gasteiger partial charge >= 0.3 is 0 Å². The third kappa shape index (κ3) is 3.52. The van der Waals surface area contributed by atoms with Crippen LogP contribution in [0.5, 0.6) is 0 Å². The third-order valence-electron chi connectivity index (χ3n) is 4.29. The molecule has 1 aliphatic rings. The first-order valence-electron chi connectivity index (χ1n) is 8.23. The summed E-state index contributed by atoms with van der Waals surface area (Å²) < 4.78 is 1.97. The summed E-state index contributed by atoms with van der Waals surface area (Å²) >= 11 is 0. The second kappa shape index (κ2) is 6.82. The van der Waals surface area contributed by atoms with Crippen LogP contribution in [0.3, 0.4) is 0 Å². The van der Waals surface area contributed by atoms with Crippen LogP contribution in [-0.2, 0) is 0 Å². The molecule has 0 aliphatic carbocycles. The third-order valence-corrected chi connectivity index (χ3v) is 4.29. The van der Waals surface area contributed by atoms with Gasteiger partial charge in [0.15, 0.2) is 0 Å². The molecule has 4 heteroatoms. The summed E-state index contributed by atoms with van der Waals surface area (Å²) in [5, 5.41) is 0. The van der Waals surface area contributed by atoms with Crippen molar-refractivity contribution in [3.63, 3.8) is 0 Å². The minimum atomic E-state index is 0.0320. The Balaban J connectivity index is 1.73. The number of rotatable bonds is 4. The quantitative estimate of drug-likeness (QED) is 0.862. The number of nitrogens with zero attached hydrogens (tertiary/aromatic N) is 3. The average molecular weight is 309 g/mol. The fourth-order valence-electron chi connectivity index (χ4n) is 2.91. The molecular formula is C19H23N3O. The maximum atomic E-state index is 12.7. The molecule has 1 atom stereocenters. The van der Waals surface area contributed by atoms with Crippen molar-refractivity contribution >= 4 is 12.0 Å². The summed E-state index contributed by atoms with van der Waals surface area (Å²) in [6.07, 6.45) is 9.88. The fourth-order valence-corrected chi connectivity index (χ4v) is 2.91. The lowest BCUT2D eigenvalue weighted by atomic mass is 10.1. The Bertz CT molecular complexity index is 688. The number of likely N-dealkylation sites (tertiary alicyclic amines) is 1. The molecule has 23 heavy (non-hydrogen) atoms. The summed E-state index contributed by atoms with van der Waals surface area (Å²) in [6, 6.07) is 10.7. The van der Waals surface area contributed by atoms with Crippen LogP contribution >= 0.6 is 0 Å². The van der Waals surface area contributed by atoms with E-state index in [1.807, 2.05) is 33.9 Å². The molecule has 3 rings (SSSR count). The van der Waals surface area contributed by atoms with E-state index in [0.717, 1.165) is 24.9 Å². The number of aromatic nitrogens is 2. The number of carbonyl (C=O) groups is 1. The Kier molecular flexibility index (Phi) is 4.60. The number of carbonyl (C=O) groups excluding carboxylic acids is 1. The summed E-state index contributed by atoms with van der Waals surface area (Å²) in [6.45, 7) is 4.96. The van der Waals surface area contributed by atoms with Crippen LogP contribution in [0.1, 0.15) is 48.8 Å². The van der Waals surface area contributed by atoms with Crippen LogP contribution in [0.15, 0.2) is 48.9 Å². The van der Waals surface area contributed by atoms with Crippen molar-refractivity contribution in [3.8, 4) is 0 Å². The summed E-state index contributed by atoms with van der Waals surface area (Å²) in [4.78, 5) is 18.9. The Morgan fingerprint density at radius 2 is 2.09 bits per heavy atom. The zero-order valence-corrected chi connectivity index (χ0v) is 13.7. The predicted octanol–water partition coefficient (Wildman–Crippen LogP) is 3.78. The van der Waals surface area contributed by atoms with Gasteiger partial charge in [-0.05, 0) is 32.3 Å². The highest BCUT2D eigenvalue weighted by atomic mass is 16.2. The highest BCUT2D eigenvalue weighted by Crippen LogP contribution is 2.22. The average Bonchev–Trinajstić information content (AvgIpc) is 3.22. The SMILES string of the molecule is CC(C)n1cnc(C(=O)N2CCCC2C=Cc2ccccc2)c1. The molecule has 0 radical (unpaired) electrons. The Morgan fingerprint density at radius 3 is 2.78 bits per heavy atom. The molecule has 0 bridgehead atoms. The molecule has 2 heterocycles. The van der Waals surface area contributed by atoms with Crippen molar-refractivity contribution in [3.05, 3.63) is 60.2 Å². The number of hydrogen-bond donors (Lipinski definition) is 0. The van der Waals surface area contributed by atoms with Crippen LogP contribution in [0.25, 0.3) is 6.08 Å². The van der Waals surface area contributed by atoms with E-state index in [0.29, 0.717) is 11.7 Å². The molecule has 0 saturated carbocycles. The molecule has 0 spiro atoms. The lowest BCUT2D eigenvalue weighted by Crippen LogP contribution is -2.34. The topological polar surface area (TPSA) is 38.1 Å². The van der Waals surface area contributed by atoms with E-state index >= 15 is 0 Å². The van der Waals surface area contributed by atoms with Crippen molar-refractivity contribution in [2.24, 2.45) is 0 Å². The molecule has 1 amide bonds. The van der Waals surface area contributed by atoms with Gasteiger partial charge in [0.1, 0.15) is 5.69 Å². The number of benzene rings is 1. The molecule has 1 fully saturated rings. The highest BCUT2D eigenvalue weighted by Gasteiger charge is 2.28. The molecule has 0 N–H and O–H groups in total. The van der Waals surface area contributed by atoms with E-state index in [4.69, 9.17) is 0 Å². The fraction of sp³-hybridized carbons (Fsp3) is 0.368. The van der Waals surface area contributed by atoms with Crippen molar-refractivity contribution in [2.45, 2.75) is 38.8 Å². The van der Waals surface area contributed by atoms with Crippen molar-refractivity contribution < 1.29 is 4.79 Å². The van der Waals surface area contributed by atoms with Gasteiger partial charge in [0.25, 0.3) is 5.91 Å². The van der Waals surface area contributed by atoms with E-state index in [-0.39, 0.29) is 11.9 Å². The summed E-state index contributed by atoms with van der Waals surface area (Å²) in [5.41, 5.74) is 1.70.